The third-order valence-corrected chi connectivity index (χ3v) is 4.37. The van der Waals surface area contributed by atoms with E-state index in [9.17, 15) is 9.90 Å². The number of nitrogens with one attached hydrogen (secondary N) is 1. The summed E-state index contributed by atoms with van der Waals surface area (Å²) in [5.41, 5.74) is 2.42. The number of hydrogen-bond acceptors (Lipinski definition) is 4. The Balaban J connectivity index is 1.86. The summed E-state index contributed by atoms with van der Waals surface area (Å²) in [5, 5.41) is 14.5. The predicted octanol–water partition coefficient (Wildman–Crippen LogP) is 2.76. The zero-order valence-electron chi connectivity index (χ0n) is 11.2. The largest absolute Gasteiger partial charge is 0.378 e. The lowest BCUT2D eigenvalue weighted by molar-refractivity contribution is -0.123. The molecule has 3 rings (SSSR count). The van der Waals surface area contributed by atoms with Gasteiger partial charge in [0.2, 0.25) is 0 Å². The van der Waals surface area contributed by atoms with Crippen LogP contribution >= 0.6 is 11.3 Å². The topological polar surface area (TPSA) is 52.6 Å². The van der Waals surface area contributed by atoms with Crippen LogP contribution < -0.4 is 10.2 Å². The van der Waals surface area contributed by atoms with Crippen LogP contribution in [0.25, 0.3) is 0 Å². The van der Waals surface area contributed by atoms with Crippen LogP contribution in [0.3, 0.4) is 0 Å². The van der Waals surface area contributed by atoms with E-state index in [0.29, 0.717) is 11.3 Å². The standard InChI is InChI=1S/C15H16N2O2S/c1-2-17(9-11-4-3-7-20-11)10-5-6-12-13(8-10)16-15(19)14(12)18/h3-8,14,18H,2,9H2,1H3,(H,16,19). The average molecular weight is 288 g/mol. The quantitative estimate of drug-likeness (QED) is 0.909. The second-order valence-electron chi connectivity index (χ2n) is 4.76. The number of carbonyl (C=O) groups excluding carboxylic acids is 1. The summed E-state index contributed by atoms with van der Waals surface area (Å²) in [6.45, 7) is 3.84. The molecule has 104 valence electrons. The molecule has 1 atom stereocenters. The van der Waals surface area contributed by atoms with Crippen LogP contribution in [0.5, 0.6) is 0 Å². The SMILES string of the molecule is CCN(Cc1cccs1)c1ccc2c(c1)NC(=O)C2O. The lowest BCUT2D eigenvalue weighted by Crippen LogP contribution is -2.21. The van der Waals surface area contributed by atoms with Crippen molar-refractivity contribution in [1.29, 1.82) is 0 Å². The van der Waals surface area contributed by atoms with Crippen molar-refractivity contribution in [1.82, 2.24) is 0 Å². The Morgan fingerprint density at radius 3 is 2.95 bits per heavy atom. The van der Waals surface area contributed by atoms with E-state index in [4.69, 9.17) is 0 Å². The maximum atomic E-state index is 11.5. The van der Waals surface area contributed by atoms with E-state index < -0.39 is 6.10 Å². The molecule has 0 bridgehead atoms. The number of anilines is 2. The molecule has 1 aromatic heterocycles. The van der Waals surface area contributed by atoms with E-state index in [1.54, 1.807) is 11.3 Å². The Morgan fingerprint density at radius 2 is 2.25 bits per heavy atom. The molecular weight excluding hydrogens is 272 g/mol. The Labute approximate surface area is 121 Å². The van der Waals surface area contributed by atoms with Crippen LogP contribution in [0.2, 0.25) is 0 Å². The average Bonchev–Trinajstić information content (AvgIpc) is 3.05. The minimum absolute atomic E-state index is 0.349. The number of thiophene rings is 1. The van der Waals surface area contributed by atoms with Crippen LogP contribution in [0, 0.1) is 0 Å². The number of fused-ring (bicyclic) bond motifs is 1. The highest BCUT2D eigenvalue weighted by atomic mass is 32.1. The fraction of sp³-hybridized carbons (Fsp3) is 0.267. The van der Waals surface area contributed by atoms with Gasteiger partial charge in [-0.1, -0.05) is 12.1 Å². The van der Waals surface area contributed by atoms with Gasteiger partial charge in [0.05, 0.1) is 6.54 Å². The van der Waals surface area contributed by atoms with Crippen molar-refractivity contribution in [2.24, 2.45) is 0 Å². The van der Waals surface area contributed by atoms with Crippen molar-refractivity contribution in [3.63, 3.8) is 0 Å². The minimum atomic E-state index is -1.04. The van der Waals surface area contributed by atoms with Gasteiger partial charge in [-0.15, -0.1) is 11.3 Å². The van der Waals surface area contributed by atoms with Gasteiger partial charge in [-0.05, 0) is 30.5 Å². The van der Waals surface area contributed by atoms with Crippen molar-refractivity contribution in [2.45, 2.75) is 19.6 Å². The summed E-state index contributed by atoms with van der Waals surface area (Å²) >= 11 is 1.74. The highest BCUT2D eigenvalue weighted by Crippen LogP contribution is 2.34. The van der Waals surface area contributed by atoms with Crippen LogP contribution in [0.1, 0.15) is 23.5 Å². The van der Waals surface area contributed by atoms with Crippen LogP contribution in [0.15, 0.2) is 35.7 Å². The van der Waals surface area contributed by atoms with Gasteiger partial charge in [0.25, 0.3) is 5.91 Å². The van der Waals surface area contributed by atoms with Gasteiger partial charge in [-0.2, -0.15) is 0 Å². The molecule has 1 amide bonds. The molecule has 0 saturated heterocycles. The first-order valence-electron chi connectivity index (χ1n) is 6.59. The fourth-order valence-corrected chi connectivity index (χ4v) is 3.13. The third kappa shape index (κ3) is 2.30. The van der Waals surface area contributed by atoms with Crippen molar-refractivity contribution < 1.29 is 9.90 Å². The summed E-state index contributed by atoms with van der Waals surface area (Å²) in [6, 6.07) is 9.88. The number of carbonyl (C=O) groups is 1. The van der Waals surface area contributed by atoms with E-state index >= 15 is 0 Å². The predicted molar refractivity (Wildman–Crippen MR) is 81.1 cm³/mol. The molecule has 0 aliphatic carbocycles. The second-order valence-corrected chi connectivity index (χ2v) is 5.79. The first kappa shape index (κ1) is 13.1. The number of rotatable bonds is 4. The summed E-state index contributed by atoms with van der Waals surface area (Å²) in [7, 11) is 0. The highest BCUT2D eigenvalue weighted by Gasteiger charge is 2.28. The molecule has 0 fully saturated rings. The molecule has 20 heavy (non-hydrogen) atoms. The zero-order chi connectivity index (χ0) is 14.1. The van der Waals surface area contributed by atoms with E-state index in [1.165, 1.54) is 4.88 Å². The van der Waals surface area contributed by atoms with Crippen LogP contribution in [-0.2, 0) is 11.3 Å². The van der Waals surface area contributed by atoms with E-state index in [1.807, 2.05) is 24.3 Å². The lowest BCUT2D eigenvalue weighted by Gasteiger charge is -2.23. The van der Waals surface area contributed by atoms with E-state index in [-0.39, 0.29) is 5.91 Å². The van der Waals surface area contributed by atoms with Crippen molar-refractivity contribution in [3.8, 4) is 0 Å². The summed E-state index contributed by atoms with van der Waals surface area (Å²) in [4.78, 5) is 15.0. The molecule has 4 nitrogen and oxygen atoms in total. The van der Waals surface area contributed by atoms with Gasteiger partial charge < -0.3 is 15.3 Å². The molecule has 2 aromatic rings. The lowest BCUT2D eigenvalue weighted by atomic mass is 10.1. The fourth-order valence-electron chi connectivity index (χ4n) is 2.41. The van der Waals surface area contributed by atoms with Gasteiger partial charge in [0, 0.05) is 28.4 Å². The number of aliphatic hydroxyl groups is 1. The monoisotopic (exact) mass is 288 g/mol. The number of hydrogen-bond donors (Lipinski definition) is 2. The van der Waals surface area contributed by atoms with E-state index in [2.05, 4.69) is 28.6 Å². The van der Waals surface area contributed by atoms with Gasteiger partial charge in [0.1, 0.15) is 0 Å². The molecule has 1 aromatic carbocycles. The first-order chi connectivity index (χ1) is 9.69. The Bertz CT molecular complexity index is 625. The zero-order valence-corrected chi connectivity index (χ0v) is 12.0. The molecule has 5 heteroatoms. The molecule has 2 heterocycles. The second kappa shape index (κ2) is 5.26. The Kier molecular flexibility index (Phi) is 3.46. The van der Waals surface area contributed by atoms with Gasteiger partial charge in [-0.25, -0.2) is 0 Å². The summed E-state index contributed by atoms with van der Waals surface area (Å²) in [6.07, 6.45) is -1.04. The van der Waals surface area contributed by atoms with Crippen LogP contribution in [0.4, 0.5) is 11.4 Å². The van der Waals surface area contributed by atoms with Crippen LogP contribution in [-0.4, -0.2) is 17.6 Å². The Morgan fingerprint density at radius 1 is 1.40 bits per heavy atom. The number of benzene rings is 1. The highest BCUT2D eigenvalue weighted by molar-refractivity contribution is 7.09. The molecule has 0 saturated carbocycles. The molecule has 0 spiro atoms. The Hall–Kier alpha value is -1.85. The smallest absolute Gasteiger partial charge is 0.257 e. The normalized spacial score (nSPS) is 16.9. The molecule has 1 unspecified atom stereocenters. The molecule has 1 aliphatic heterocycles. The third-order valence-electron chi connectivity index (χ3n) is 3.51. The van der Waals surface area contributed by atoms with Gasteiger partial charge >= 0.3 is 0 Å². The molecule has 2 N–H and O–H groups in total. The number of aliphatic hydroxyl groups excluding tert-OH is 1. The summed E-state index contributed by atoms with van der Waals surface area (Å²) in [5.74, 6) is -0.349. The maximum absolute atomic E-state index is 11.5. The van der Waals surface area contributed by atoms with Gasteiger partial charge in [0.15, 0.2) is 6.10 Å². The van der Waals surface area contributed by atoms with Gasteiger partial charge in [-0.3, -0.25) is 4.79 Å². The minimum Gasteiger partial charge on any atom is -0.378 e. The molecular formula is C15H16N2O2S. The molecule has 0 radical (unpaired) electrons. The number of amides is 1. The van der Waals surface area contributed by atoms with Crippen molar-refractivity contribution in [3.05, 3.63) is 46.2 Å². The maximum Gasteiger partial charge on any atom is 0.257 e. The van der Waals surface area contributed by atoms with Crippen molar-refractivity contribution >= 4 is 28.6 Å². The van der Waals surface area contributed by atoms with E-state index in [0.717, 1.165) is 18.8 Å². The molecule has 1 aliphatic rings. The first-order valence-corrected chi connectivity index (χ1v) is 7.47. The summed E-state index contributed by atoms with van der Waals surface area (Å²) < 4.78 is 0. The number of nitrogens with zero attached hydrogens (tertiary/aromatic N) is 1. The van der Waals surface area contributed by atoms with Crippen molar-refractivity contribution in [2.75, 3.05) is 16.8 Å².